The van der Waals surface area contributed by atoms with Gasteiger partial charge in [-0.3, -0.25) is 57.5 Å². The standard InChI is InChI=1S/C58H74N14O14/c1-31(2)49-55(83)61-25-37(67-53(81)47-41(73)23-33-15-7-9-17-35(33)65-47)57(85)71-21-13-11-19-39(71)51(79)64-28-44(76)60-30-46(78)70(6)50(32(3)4)56(84)62-26-38(68-54(82)48-42(74)24-34-16-8-10-18-36(34)66-48)58(86)72-22-14-12-20-40(72)52(80)63-27-43(75)59-29-45(77)69(49)5/h7-10,15-18,23-24,31-32,37-40,49-50,73-74H,11-14,19-22,25-30H2,1-6H3,(H,59,75)(H,60,76)(H,61,83)(H,62,84)(H,63,80)(H,64,79)(H,67,81)(H,68,82)/t37-,38-,39+,40+,49+,50+/m1/s1. The van der Waals surface area contributed by atoms with Gasteiger partial charge in [-0.2, -0.15) is 0 Å². The van der Waals surface area contributed by atoms with Gasteiger partial charge < -0.3 is 72.3 Å². The molecule has 2 aromatic carbocycles. The zero-order valence-corrected chi connectivity index (χ0v) is 48.8. The lowest BCUT2D eigenvalue weighted by Gasteiger charge is -2.37. The van der Waals surface area contributed by atoms with Gasteiger partial charge in [-0.05, 0) is 74.6 Å². The predicted molar refractivity (Wildman–Crippen MR) is 309 cm³/mol. The van der Waals surface area contributed by atoms with E-state index in [1.807, 2.05) is 0 Å². The summed E-state index contributed by atoms with van der Waals surface area (Å²) >= 11 is 0. The van der Waals surface area contributed by atoms with Gasteiger partial charge in [0.05, 0.1) is 37.2 Å². The van der Waals surface area contributed by atoms with Crippen molar-refractivity contribution in [1.29, 1.82) is 0 Å². The van der Waals surface area contributed by atoms with Crippen LogP contribution in [0.4, 0.5) is 0 Å². The summed E-state index contributed by atoms with van der Waals surface area (Å²) in [6, 6.07) is 7.88. The van der Waals surface area contributed by atoms with Crippen LogP contribution in [0.1, 0.15) is 87.2 Å². The molecule has 0 radical (unpaired) electrons. The molecule has 0 unspecified atom stereocenters. The van der Waals surface area contributed by atoms with Crippen LogP contribution in [-0.4, -0.2) is 213 Å². The average Bonchev–Trinajstić information content (AvgIpc) is 2.12. The number of likely N-dealkylation sites (N-methyl/N-ethyl adjacent to an activating group) is 2. The number of piperidine rings is 2. The molecule has 6 atom stereocenters. The molecule has 5 heterocycles. The van der Waals surface area contributed by atoms with Crippen molar-refractivity contribution in [3.8, 4) is 11.5 Å². The highest BCUT2D eigenvalue weighted by Gasteiger charge is 2.41. The number of rotatable bonds is 6. The molecule has 7 rings (SSSR count). The zero-order chi connectivity index (χ0) is 62.5. The fourth-order valence-corrected chi connectivity index (χ4v) is 10.8. The highest BCUT2D eigenvalue weighted by atomic mass is 16.3. The maximum atomic E-state index is 14.7. The van der Waals surface area contributed by atoms with E-state index in [1.165, 1.54) is 36.0 Å². The molecule has 3 fully saturated rings. The number of aromatic hydroxyl groups is 2. The van der Waals surface area contributed by atoms with E-state index in [0.717, 1.165) is 9.80 Å². The number of aromatic nitrogens is 2. The van der Waals surface area contributed by atoms with Gasteiger partial charge >= 0.3 is 0 Å². The van der Waals surface area contributed by atoms with Crippen LogP contribution >= 0.6 is 0 Å². The summed E-state index contributed by atoms with van der Waals surface area (Å²) in [5, 5.41) is 43.2. The Bertz CT molecular complexity index is 3070. The lowest BCUT2D eigenvalue weighted by molar-refractivity contribution is -0.144. The van der Waals surface area contributed by atoms with E-state index in [0.29, 0.717) is 47.5 Å². The van der Waals surface area contributed by atoms with E-state index < -0.39 is 181 Å². The number of benzene rings is 2. The van der Waals surface area contributed by atoms with Crippen molar-refractivity contribution in [2.45, 2.75) is 102 Å². The van der Waals surface area contributed by atoms with Crippen molar-refractivity contribution in [2.24, 2.45) is 11.8 Å². The second kappa shape index (κ2) is 28.9. The number of pyridine rings is 2. The minimum atomic E-state index is -1.61. The van der Waals surface area contributed by atoms with Gasteiger partial charge in [-0.1, -0.05) is 64.1 Å². The average molecular weight is 1190 g/mol. The molecule has 28 heteroatoms. The Morgan fingerprint density at radius 2 is 0.884 bits per heavy atom. The maximum Gasteiger partial charge on any atom is 0.274 e. The van der Waals surface area contributed by atoms with Crippen molar-refractivity contribution in [3.63, 3.8) is 0 Å². The number of hydrogen-bond donors (Lipinski definition) is 10. The predicted octanol–water partition coefficient (Wildman–Crippen LogP) is -1.47. The Balaban J connectivity index is 1.15. The third-order valence-electron chi connectivity index (χ3n) is 15.3. The molecule has 10 N–H and O–H groups in total. The van der Waals surface area contributed by atoms with Crippen LogP contribution in [0.5, 0.6) is 11.5 Å². The Hall–Kier alpha value is -9.50. The Kier molecular flexibility index (Phi) is 21.5. The van der Waals surface area contributed by atoms with Crippen molar-refractivity contribution in [1.82, 2.24) is 72.1 Å². The molecule has 4 aromatic rings. The Morgan fingerprint density at radius 1 is 0.512 bits per heavy atom. The van der Waals surface area contributed by atoms with Gasteiger partial charge in [0.25, 0.3) is 11.8 Å². The van der Waals surface area contributed by atoms with E-state index in [4.69, 9.17) is 0 Å². The highest BCUT2D eigenvalue weighted by molar-refractivity contribution is 6.03. The van der Waals surface area contributed by atoms with Gasteiger partial charge in [-0.15, -0.1) is 0 Å². The van der Waals surface area contributed by atoms with E-state index in [1.54, 1.807) is 76.2 Å². The van der Waals surface area contributed by atoms with Gasteiger partial charge in [-0.25, -0.2) is 9.97 Å². The van der Waals surface area contributed by atoms with Gasteiger partial charge in [0.2, 0.25) is 59.1 Å². The lowest BCUT2D eigenvalue weighted by atomic mass is 9.99. The van der Waals surface area contributed by atoms with Crippen LogP contribution in [0.2, 0.25) is 0 Å². The third-order valence-corrected chi connectivity index (χ3v) is 15.3. The molecule has 12 amide bonds. The number of fused-ring (bicyclic) bond motifs is 4. The van der Waals surface area contributed by atoms with Crippen LogP contribution in [-0.2, 0) is 47.9 Å². The molecule has 2 aromatic heterocycles. The number of carbonyl (C=O) groups excluding carboxylic acids is 12. The van der Waals surface area contributed by atoms with Crippen molar-refractivity contribution < 1.29 is 67.7 Å². The summed E-state index contributed by atoms with van der Waals surface area (Å²) in [6.07, 6.45) is 2.05. The molecule has 0 aliphatic carbocycles. The first kappa shape index (κ1) is 64.1. The van der Waals surface area contributed by atoms with Gasteiger partial charge in [0.15, 0.2) is 11.4 Å². The lowest BCUT2D eigenvalue weighted by Crippen LogP contribution is -2.61. The summed E-state index contributed by atoms with van der Waals surface area (Å²) in [5.74, 6) is -12.0. The van der Waals surface area contributed by atoms with Crippen LogP contribution < -0.4 is 42.5 Å². The number of para-hydroxylation sites is 2. The molecule has 0 bridgehead atoms. The maximum absolute atomic E-state index is 14.7. The van der Waals surface area contributed by atoms with Crippen LogP contribution in [0, 0.1) is 11.8 Å². The third kappa shape index (κ3) is 15.6. The van der Waals surface area contributed by atoms with E-state index in [2.05, 4.69) is 52.5 Å². The smallest absolute Gasteiger partial charge is 0.274 e. The molecule has 3 aliphatic rings. The molecule has 28 nitrogen and oxygen atoms in total. The first-order valence-corrected chi connectivity index (χ1v) is 28.5. The van der Waals surface area contributed by atoms with Gasteiger partial charge in [0, 0.05) is 51.0 Å². The number of nitrogens with one attached hydrogen (secondary N) is 8. The Morgan fingerprint density at radius 3 is 1.26 bits per heavy atom. The van der Waals surface area contributed by atoms with E-state index >= 15 is 0 Å². The second-order valence-electron chi connectivity index (χ2n) is 22.1. The number of hydrogen-bond acceptors (Lipinski definition) is 16. The SMILES string of the molecule is CC(C)[C@H]1C(=O)NC[C@@H](NC(=O)c2nc3ccccc3cc2O)C(=O)N2CCCC[C@H]2C(=O)NCC(=O)NCC(=O)N(C)[C@@H](C(C)C)C(=O)NC[C@@H](NC(=O)c2nc3ccccc3cc2O)C(=O)N2CCCC[C@H]2C(=O)NCC(=O)NCC(=O)N1C. The quantitative estimate of drug-likeness (QED) is 0.105. The molecule has 86 heavy (non-hydrogen) atoms. The summed E-state index contributed by atoms with van der Waals surface area (Å²) in [7, 11) is 2.64. The van der Waals surface area contributed by atoms with Crippen molar-refractivity contribution >= 4 is 92.7 Å². The van der Waals surface area contributed by atoms with E-state index in [9.17, 15) is 67.7 Å². The summed E-state index contributed by atoms with van der Waals surface area (Å²) in [6.45, 7) is 2.78. The molecule has 3 saturated heterocycles. The van der Waals surface area contributed by atoms with Crippen molar-refractivity contribution in [2.75, 3.05) is 66.5 Å². The fourth-order valence-electron chi connectivity index (χ4n) is 10.8. The number of amides is 12. The Labute approximate surface area is 495 Å². The number of nitrogens with zero attached hydrogens (tertiary/aromatic N) is 6. The zero-order valence-electron chi connectivity index (χ0n) is 48.8. The fraction of sp³-hybridized carbons (Fsp3) is 0.483. The second-order valence-corrected chi connectivity index (χ2v) is 22.1. The first-order valence-electron chi connectivity index (χ1n) is 28.5. The molecule has 460 valence electrons. The largest absolute Gasteiger partial charge is 0.505 e. The molecule has 0 saturated carbocycles. The number of carbonyl (C=O) groups is 12. The highest BCUT2D eigenvalue weighted by Crippen LogP contribution is 2.25. The summed E-state index contributed by atoms with van der Waals surface area (Å²) in [4.78, 5) is 181. The minimum absolute atomic E-state index is 0.00752. The summed E-state index contributed by atoms with van der Waals surface area (Å²) < 4.78 is 0. The van der Waals surface area contributed by atoms with Crippen LogP contribution in [0.3, 0.4) is 0 Å². The topological polar surface area (TPSA) is 380 Å². The van der Waals surface area contributed by atoms with Crippen molar-refractivity contribution in [3.05, 3.63) is 72.1 Å². The monoisotopic (exact) mass is 1190 g/mol. The van der Waals surface area contributed by atoms with Crippen LogP contribution in [0.15, 0.2) is 60.7 Å². The molecule has 3 aliphatic heterocycles. The molecular formula is C58H74N14O14. The van der Waals surface area contributed by atoms with Gasteiger partial charge in [0.1, 0.15) is 47.8 Å². The normalized spacial score (nSPS) is 23.0. The molecular weight excluding hydrogens is 1120 g/mol. The summed E-state index contributed by atoms with van der Waals surface area (Å²) in [5.41, 5.74) is -0.194. The minimum Gasteiger partial charge on any atom is -0.505 e. The van der Waals surface area contributed by atoms with E-state index in [-0.39, 0.29) is 25.9 Å². The molecule has 0 spiro atoms. The van der Waals surface area contributed by atoms with Crippen LogP contribution in [0.25, 0.3) is 21.8 Å². The first-order chi connectivity index (χ1) is 40.9.